The number of aryl methyl sites for hydroxylation is 1. The molecule has 1 fully saturated rings. The van der Waals surface area contributed by atoms with Crippen LogP contribution in [0.2, 0.25) is 0 Å². The topological polar surface area (TPSA) is 77.4 Å². The molecule has 0 atom stereocenters. The summed E-state index contributed by atoms with van der Waals surface area (Å²) in [5, 5.41) is 4.12. The molecule has 6 heteroatoms. The highest BCUT2D eigenvalue weighted by Crippen LogP contribution is 2.19. The molecule has 24 heavy (non-hydrogen) atoms. The molecule has 2 heterocycles. The summed E-state index contributed by atoms with van der Waals surface area (Å²) < 4.78 is 10.8. The molecule has 0 amide bonds. The van der Waals surface area contributed by atoms with E-state index in [1.54, 1.807) is 0 Å². The van der Waals surface area contributed by atoms with Crippen LogP contribution in [-0.4, -0.2) is 47.9 Å². The number of aromatic nitrogens is 2. The van der Waals surface area contributed by atoms with Gasteiger partial charge in [0.05, 0.1) is 6.54 Å². The molecule has 1 aliphatic heterocycles. The van der Waals surface area contributed by atoms with E-state index in [0.29, 0.717) is 24.3 Å². The normalized spacial score (nSPS) is 16.0. The monoisotopic (exact) mass is 330 g/mol. The summed E-state index contributed by atoms with van der Waals surface area (Å²) in [5.74, 6) is 1.31. The molecule has 1 aromatic carbocycles. The number of ether oxygens (including phenoxy) is 1. The Balaban J connectivity index is 1.60. The van der Waals surface area contributed by atoms with Crippen molar-refractivity contribution < 1.29 is 9.26 Å². The smallest absolute Gasteiger partial charge is 0.241 e. The van der Waals surface area contributed by atoms with Gasteiger partial charge < -0.3 is 15.0 Å². The molecule has 0 radical (unpaired) electrons. The first kappa shape index (κ1) is 17.1. The molecule has 0 saturated carbocycles. The first-order chi connectivity index (χ1) is 11.8. The molecule has 1 aromatic heterocycles. The van der Waals surface area contributed by atoms with E-state index in [4.69, 9.17) is 15.0 Å². The summed E-state index contributed by atoms with van der Waals surface area (Å²) in [5.41, 5.74) is 7.82. The molecule has 0 bridgehead atoms. The molecule has 1 aliphatic rings. The van der Waals surface area contributed by atoms with Crippen LogP contribution in [0.15, 0.2) is 28.8 Å². The van der Waals surface area contributed by atoms with E-state index in [2.05, 4.69) is 34.2 Å². The maximum absolute atomic E-state index is 5.55. The Hall–Kier alpha value is -1.76. The number of benzene rings is 1. The third-order valence-corrected chi connectivity index (χ3v) is 4.55. The van der Waals surface area contributed by atoms with E-state index in [9.17, 15) is 0 Å². The highest BCUT2D eigenvalue weighted by molar-refractivity contribution is 5.54. The summed E-state index contributed by atoms with van der Waals surface area (Å²) in [6.45, 7) is 3.06. The molecule has 6 nitrogen and oxygen atoms in total. The van der Waals surface area contributed by atoms with Gasteiger partial charge in [-0.2, -0.15) is 4.98 Å². The van der Waals surface area contributed by atoms with Gasteiger partial charge in [0.15, 0.2) is 0 Å². The summed E-state index contributed by atoms with van der Waals surface area (Å²) in [7, 11) is 2.10. The Morgan fingerprint density at radius 2 is 1.96 bits per heavy atom. The first-order valence-corrected chi connectivity index (χ1v) is 8.66. The SMILES string of the molecule is CN(Cc1nc(-c2ccc(CCCN)cc2)no1)C1CCOCC1. The minimum atomic E-state index is 0.524. The van der Waals surface area contributed by atoms with Crippen LogP contribution in [0.1, 0.15) is 30.7 Å². The molecule has 2 aromatic rings. The van der Waals surface area contributed by atoms with Crippen LogP contribution in [0, 0.1) is 0 Å². The van der Waals surface area contributed by atoms with Gasteiger partial charge in [0.2, 0.25) is 11.7 Å². The fourth-order valence-electron chi connectivity index (χ4n) is 3.03. The van der Waals surface area contributed by atoms with E-state index in [1.807, 2.05) is 12.1 Å². The zero-order valence-corrected chi connectivity index (χ0v) is 14.3. The number of nitrogens with zero attached hydrogens (tertiary/aromatic N) is 3. The van der Waals surface area contributed by atoms with Crippen LogP contribution in [0.5, 0.6) is 0 Å². The van der Waals surface area contributed by atoms with Crippen molar-refractivity contribution in [2.24, 2.45) is 5.73 Å². The maximum Gasteiger partial charge on any atom is 0.241 e. The number of nitrogens with two attached hydrogens (primary N) is 1. The number of hydrogen-bond donors (Lipinski definition) is 1. The van der Waals surface area contributed by atoms with E-state index in [1.165, 1.54) is 5.56 Å². The molecular weight excluding hydrogens is 304 g/mol. The molecule has 2 N–H and O–H groups in total. The first-order valence-electron chi connectivity index (χ1n) is 8.66. The van der Waals surface area contributed by atoms with E-state index in [0.717, 1.165) is 51.0 Å². The van der Waals surface area contributed by atoms with Crippen LogP contribution in [-0.2, 0) is 17.7 Å². The van der Waals surface area contributed by atoms with Crippen molar-refractivity contribution in [2.45, 2.75) is 38.3 Å². The third kappa shape index (κ3) is 4.41. The molecule has 1 saturated heterocycles. The summed E-state index contributed by atoms with van der Waals surface area (Å²) >= 11 is 0. The largest absolute Gasteiger partial charge is 0.381 e. The molecule has 0 unspecified atom stereocenters. The molecule has 3 rings (SSSR count). The number of hydrogen-bond acceptors (Lipinski definition) is 6. The van der Waals surface area contributed by atoms with Gasteiger partial charge in [-0.15, -0.1) is 0 Å². The van der Waals surface area contributed by atoms with Crippen LogP contribution < -0.4 is 5.73 Å². The zero-order chi connectivity index (χ0) is 16.8. The highest BCUT2D eigenvalue weighted by atomic mass is 16.5. The predicted molar refractivity (Wildman–Crippen MR) is 92.4 cm³/mol. The fourth-order valence-corrected chi connectivity index (χ4v) is 3.03. The second-order valence-electron chi connectivity index (χ2n) is 6.36. The van der Waals surface area contributed by atoms with Crippen LogP contribution in [0.25, 0.3) is 11.4 Å². The molecule has 0 spiro atoms. The lowest BCUT2D eigenvalue weighted by molar-refractivity contribution is 0.0376. The summed E-state index contributed by atoms with van der Waals surface area (Å²) in [6, 6.07) is 8.83. The predicted octanol–water partition coefficient (Wildman–Crippen LogP) is 2.24. The second-order valence-corrected chi connectivity index (χ2v) is 6.36. The minimum absolute atomic E-state index is 0.524. The highest BCUT2D eigenvalue weighted by Gasteiger charge is 2.20. The Kier molecular flexibility index (Phi) is 5.96. The summed E-state index contributed by atoms with van der Waals surface area (Å²) in [4.78, 5) is 6.81. The third-order valence-electron chi connectivity index (χ3n) is 4.55. The van der Waals surface area contributed by atoms with E-state index >= 15 is 0 Å². The Bertz CT molecular complexity index is 620. The van der Waals surface area contributed by atoms with Crippen molar-refractivity contribution in [1.82, 2.24) is 15.0 Å². The van der Waals surface area contributed by atoms with Gasteiger partial charge in [-0.1, -0.05) is 29.4 Å². The van der Waals surface area contributed by atoms with Gasteiger partial charge in [-0.3, -0.25) is 4.90 Å². The van der Waals surface area contributed by atoms with Gasteiger partial charge in [0, 0.05) is 24.8 Å². The van der Waals surface area contributed by atoms with E-state index in [-0.39, 0.29) is 0 Å². The Morgan fingerprint density at radius 3 is 2.67 bits per heavy atom. The second kappa shape index (κ2) is 8.37. The Morgan fingerprint density at radius 1 is 1.21 bits per heavy atom. The zero-order valence-electron chi connectivity index (χ0n) is 14.3. The standard InChI is InChI=1S/C18H26N4O2/c1-22(16-8-11-23-12-9-16)13-17-20-18(21-24-17)15-6-4-14(5-7-15)3-2-10-19/h4-7,16H,2-3,8-13,19H2,1H3. The van der Waals surface area contributed by atoms with Crippen molar-refractivity contribution in [1.29, 1.82) is 0 Å². The Labute approximate surface area is 143 Å². The average Bonchev–Trinajstić information content (AvgIpc) is 3.09. The lowest BCUT2D eigenvalue weighted by atomic mass is 10.1. The van der Waals surface area contributed by atoms with Crippen molar-refractivity contribution in [2.75, 3.05) is 26.8 Å². The lowest BCUT2D eigenvalue weighted by Crippen LogP contribution is -2.36. The van der Waals surface area contributed by atoms with Crippen molar-refractivity contribution in [3.8, 4) is 11.4 Å². The van der Waals surface area contributed by atoms with Crippen molar-refractivity contribution in [3.05, 3.63) is 35.7 Å². The quantitative estimate of drug-likeness (QED) is 0.839. The molecule has 0 aliphatic carbocycles. The van der Waals surface area contributed by atoms with Gasteiger partial charge in [-0.25, -0.2) is 0 Å². The van der Waals surface area contributed by atoms with Crippen LogP contribution >= 0.6 is 0 Å². The number of rotatable bonds is 7. The fraction of sp³-hybridized carbons (Fsp3) is 0.556. The minimum Gasteiger partial charge on any atom is -0.381 e. The van der Waals surface area contributed by atoms with Crippen LogP contribution in [0.3, 0.4) is 0 Å². The average molecular weight is 330 g/mol. The molecule has 130 valence electrons. The maximum atomic E-state index is 5.55. The molecular formula is C18H26N4O2. The van der Waals surface area contributed by atoms with Gasteiger partial charge in [0.1, 0.15) is 0 Å². The van der Waals surface area contributed by atoms with Crippen molar-refractivity contribution in [3.63, 3.8) is 0 Å². The van der Waals surface area contributed by atoms with Crippen molar-refractivity contribution >= 4 is 0 Å². The lowest BCUT2D eigenvalue weighted by Gasteiger charge is -2.29. The van der Waals surface area contributed by atoms with Crippen LogP contribution in [0.4, 0.5) is 0 Å². The van der Waals surface area contributed by atoms with Gasteiger partial charge >= 0.3 is 0 Å². The summed E-state index contributed by atoms with van der Waals surface area (Å²) in [6.07, 6.45) is 4.12. The van der Waals surface area contributed by atoms with Gasteiger partial charge in [0.25, 0.3) is 0 Å². The van der Waals surface area contributed by atoms with E-state index < -0.39 is 0 Å². The van der Waals surface area contributed by atoms with Gasteiger partial charge in [-0.05, 0) is 44.8 Å².